The van der Waals surface area contributed by atoms with Crippen molar-refractivity contribution in [2.75, 3.05) is 19.8 Å². The first-order chi connectivity index (χ1) is 13.6. The highest BCUT2D eigenvalue weighted by Gasteiger charge is 2.49. The molecule has 1 aliphatic heterocycles. The molecule has 0 bridgehead atoms. The van der Waals surface area contributed by atoms with Gasteiger partial charge in [-0.05, 0) is 38.0 Å². The predicted molar refractivity (Wildman–Crippen MR) is 111 cm³/mol. The van der Waals surface area contributed by atoms with E-state index in [0.717, 1.165) is 5.56 Å². The van der Waals surface area contributed by atoms with E-state index in [1.54, 1.807) is 19.9 Å². The van der Waals surface area contributed by atoms with Gasteiger partial charge in [0.15, 0.2) is 0 Å². The smallest absolute Gasteiger partial charge is 0.338 e. The molecule has 0 N–H and O–H groups in total. The average molecular weight is 420 g/mol. The van der Waals surface area contributed by atoms with Gasteiger partial charge in [0.1, 0.15) is 6.61 Å². The Morgan fingerprint density at radius 1 is 1.29 bits per heavy atom. The van der Waals surface area contributed by atoms with Gasteiger partial charge in [-0.2, -0.15) is 5.26 Å². The first-order valence-electron chi connectivity index (χ1n) is 9.50. The molecule has 150 valence electrons. The highest BCUT2D eigenvalue weighted by atomic mass is 32.1. The van der Waals surface area contributed by atoms with Crippen molar-refractivity contribution in [1.29, 1.82) is 5.26 Å². The Labute approximate surface area is 171 Å². The summed E-state index contributed by atoms with van der Waals surface area (Å²) in [6.07, 6.45) is 4.35. The molecule has 8 heteroatoms. The predicted octanol–water partition coefficient (Wildman–Crippen LogP) is 4.45. The lowest BCUT2D eigenvalue weighted by Gasteiger charge is -2.40. The third kappa shape index (κ3) is 4.01. The molecule has 1 fully saturated rings. The SMILES string of the molecule is CCOP(=O)(OCC)[C@@H]1C=CC[C@@H](N2C(=S)OC[C@H]2c2ccccc2)[C@H]1C#N. The average Bonchev–Trinajstić information content (AvgIpc) is 3.09. The Kier molecular flexibility index (Phi) is 6.90. The fourth-order valence-corrected chi connectivity index (χ4v) is 6.36. The topological polar surface area (TPSA) is 71.8 Å². The lowest BCUT2D eigenvalue weighted by atomic mass is 9.87. The van der Waals surface area contributed by atoms with E-state index in [9.17, 15) is 9.83 Å². The van der Waals surface area contributed by atoms with Crippen LogP contribution in [-0.2, 0) is 18.3 Å². The van der Waals surface area contributed by atoms with Crippen LogP contribution in [-0.4, -0.2) is 41.6 Å². The summed E-state index contributed by atoms with van der Waals surface area (Å²) in [6.45, 7) is 4.48. The lowest BCUT2D eigenvalue weighted by Crippen LogP contribution is -2.47. The minimum absolute atomic E-state index is 0.0831. The monoisotopic (exact) mass is 420 g/mol. The molecule has 0 unspecified atom stereocenters. The van der Waals surface area contributed by atoms with Gasteiger partial charge in [-0.1, -0.05) is 42.5 Å². The third-order valence-electron chi connectivity index (χ3n) is 5.08. The molecule has 0 aromatic heterocycles. The molecular formula is C20H25N2O4PS. The summed E-state index contributed by atoms with van der Waals surface area (Å²) in [7, 11) is -3.48. The second-order valence-electron chi connectivity index (χ2n) is 6.66. The van der Waals surface area contributed by atoms with Crippen LogP contribution in [0.5, 0.6) is 0 Å². The van der Waals surface area contributed by atoms with Crippen LogP contribution in [0.4, 0.5) is 0 Å². The second-order valence-corrected chi connectivity index (χ2v) is 9.20. The van der Waals surface area contributed by atoms with Crippen molar-refractivity contribution in [2.45, 2.75) is 38.0 Å². The zero-order valence-electron chi connectivity index (χ0n) is 16.1. The number of hydrogen-bond donors (Lipinski definition) is 0. The maximum absolute atomic E-state index is 13.4. The van der Waals surface area contributed by atoms with Crippen LogP contribution in [0.15, 0.2) is 42.5 Å². The Bertz CT molecular complexity index is 800. The maximum Gasteiger partial charge on any atom is 0.338 e. The number of benzene rings is 1. The fourth-order valence-electron chi connectivity index (χ4n) is 3.90. The molecule has 1 aliphatic carbocycles. The molecule has 0 radical (unpaired) electrons. The van der Waals surface area contributed by atoms with Crippen LogP contribution >= 0.6 is 19.8 Å². The number of hydrogen-bond acceptors (Lipinski definition) is 6. The largest absolute Gasteiger partial charge is 0.468 e. The van der Waals surface area contributed by atoms with Crippen molar-refractivity contribution in [2.24, 2.45) is 5.92 Å². The van der Waals surface area contributed by atoms with Crippen molar-refractivity contribution < 1.29 is 18.3 Å². The van der Waals surface area contributed by atoms with Crippen molar-refractivity contribution in [3.63, 3.8) is 0 Å². The molecule has 3 rings (SSSR count). The minimum Gasteiger partial charge on any atom is -0.468 e. The summed E-state index contributed by atoms with van der Waals surface area (Å²) >= 11 is 5.47. The first kappa shape index (κ1) is 21.0. The molecule has 28 heavy (non-hydrogen) atoms. The normalized spacial score (nSPS) is 27.5. The Morgan fingerprint density at radius 3 is 2.57 bits per heavy atom. The number of nitriles is 1. The van der Waals surface area contributed by atoms with Crippen LogP contribution in [0.2, 0.25) is 0 Å². The summed E-state index contributed by atoms with van der Waals surface area (Å²) in [5.41, 5.74) is 0.430. The van der Waals surface area contributed by atoms with Gasteiger partial charge in [0.2, 0.25) is 0 Å². The van der Waals surface area contributed by atoms with Gasteiger partial charge < -0.3 is 18.7 Å². The van der Waals surface area contributed by atoms with E-state index in [1.807, 2.05) is 41.3 Å². The number of thiocarbonyl (C=S) groups is 1. The molecule has 6 nitrogen and oxygen atoms in total. The molecule has 1 aromatic carbocycles. The molecule has 1 aromatic rings. The molecule has 0 amide bonds. The quantitative estimate of drug-likeness (QED) is 0.367. The number of nitrogens with zero attached hydrogens (tertiary/aromatic N) is 2. The Hall–Kier alpha value is -1.71. The van der Waals surface area contributed by atoms with Gasteiger partial charge >= 0.3 is 7.60 Å². The molecule has 0 spiro atoms. The molecule has 1 saturated heterocycles. The molecule has 0 saturated carbocycles. The Morgan fingerprint density at radius 2 is 1.96 bits per heavy atom. The van der Waals surface area contributed by atoms with Crippen LogP contribution in [0.1, 0.15) is 31.9 Å². The van der Waals surface area contributed by atoms with Crippen LogP contribution in [0.25, 0.3) is 0 Å². The van der Waals surface area contributed by atoms with Gasteiger partial charge in [0.05, 0.1) is 42.9 Å². The van der Waals surface area contributed by atoms with E-state index in [-0.39, 0.29) is 25.3 Å². The summed E-state index contributed by atoms with van der Waals surface area (Å²) in [4.78, 5) is 1.98. The van der Waals surface area contributed by atoms with E-state index in [1.165, 1.54) is 0 Å². The molecule has 1 heterocycles. The van der Waals surface area contributed by atoms with Gasteiger partial charge in [0.25, 0.3) is 5.17 Å². The zero-order chi connectivity index (χ0) is 20.1. The van der Waals surface area contributed by atoms with E-state index < -0.39 is 19.2 Å². The fraction of sp³-hybridized carbons (Fsp3) is 0.500. The molecule has 2 aliphatic rings. The van der Waals surface area contributed by atoms with Gasteiger partial charge in [-0.3, -0.25) is 4.57 Å². The van der Waals surface area contributed by atoms with Crippen LogP contribution < -0.4 is 0 Å². The van der Waals surface area contributed by atoms with E-state index in [4.69, 9.17) is 26.0 Å². The van der Waals surface area contributed by atoms with E-state index >= 15 is 0 Å². The first-order valence-corrected chi connectivity index (χ1v) is 11.5. The van der Waals surface area contributed by atoms with Crippen LogP contribution in [0, 0.1) is 17.2 Å². The molecule has 4 atom stereocenters. The third-order valence-corrected chi connectivity index (χ3v) is 7.87. The van der Waals surface area contributed by atoms with Crippen molar-refractivity contribution >= 4 is 25.0 Å². The van der Waals surface area contributed by atoms with Crippen molar-refractivity contribution in [1.82, 2.24) is 4.90 Å². The van der Waals surface area contributed by atoms with E-state index in [2.05, 4.69) is 6.07 Å². The number of ether oxygens (including phenoxy) is 1. The summed E-state index contributed by atoms with van der Waals surface area (Å²) in [6, 6.07) is 12.0. The summed E-state index contributed by atoms with van der Waals surface area (Å²) in [5, 5.41) is 10.4. The highest BCUT2D eigenvalue weighted by Crippen LogP contribution is 2.58. The van der Waals surface area contributed by atoms with Gasteiger partial charge in [0, 0.05) is 0 Å². The van der Waals surface area contributed by atoms with Crippen molar-refractivity contribution in [3.05, 3.63) is 48.0 Å². The Balaban J connectivity index is 1.95. The minimum atomic E-state index is -3.48. The van der Waals surface area contributed by atoms with Gasteiger partial charge in [-0.25, -0.2) is 0 Å². The van der Waals surface area contributed by atoms with E-state index in [0.29, 0.717) is 18.2 Å². The van der Waals surface area contributed by atoms with Crippen LogP contribution in [0.3, 0.4) is 0 Å². The summed E-state index contributed by atoms with van der Waals surface area (Å²) in [5.74, 6) is -0.597. The lowest BCUT2D eigenvalue weighted by molar-refractivity contribution is 0.185. The summed E-state index contributed by atoms with van der Waals surface area (Å²) < 4.78 is 30.2. The highest BCUT2D eigenvalue weighted by molar-refractivity contribution is 7.80. The van der Waals surface area contributed by atoms with Gasteiger partial charge in [-0.15, -0.1) is 0 Å². The zero-order valence-corrected chi connectivity index (χ0v) is 17.8. The van der Waals surface area contributed by atoms with Crippen molar-refractivity contribution in [3.8, 4) is 6.07 Å². The number of allylic oxidation sites excluding steroid dienone is 1. The molecular weight excluding hydrogens is 395 g/mol. The standard InChI is InChI=1S/C20H25N2O4PS/c1-3-25-27(23,26-4-2)19-12-8-11-17(16(19)13-21)22-18(14-24-20(22)28)15-9-6-5-7-10-15/h5-10,12,16-19H,3-4,11,14H2,1-2H3/t16-,17-,18+,19-/m1/s1. The number of rotatable bonds is 7. The maximum atomic E-state index is 13.4. The second kappa shape index (κ2) is 9.19.